The Morgan fingerprint density at radius 1 is 1.38 bits per heavy atom. The highest BCUT2D eigenvalue weighted by Crippen LogP contribution is 2.03. The van der Waals surface area contributed by atoms with E-state index < -0.39 is 0 Å². The number of aliphatic hydroxyl groups is 1. The number of nitrogens with zero attached hydrogens (tertiary/aromatic N) is 1. The zero-order valence-electron chi connectivity index (χ0n) is 7.22. The molecule has 0 aromatic heterocycles. The Balaban J connectivity index is 2.60. The number of aliphatic hydroxyl groups excluding tert-OH is 1. The summed E-state index contributed by atoms with van der Waals surface area (Å²) in [6.07, 6.45) is 1.06. The average Bonchev–Trinajstić information content (AvgIpc) is 2.18. The summed E-state index contributed by atoms with van der Waals surface area (Å²) in [4.78, 5) is 0. The van der Waals surface area contributed by atoms with Gasteiger partial charge in [-0.1, -0.05) is 30.3 Å². The summed E-state index contributed by atoms with van der Waals surface area (Å²) in [5.41, 5.74) is 6.11. The molecule has 0 fully saturated rings. The Morgan fingerprint density at radius 3 is 2.54 bits per heavy atom. The molecule has 0 spiro atoms. The first-order valence-corrected chi connectivity index (χ1v) is 3.91. The minimum Gasteiger partial charge on any atom is -0.493 e. The minimum atomic E-state index is -0.135. The maximum Gasteiger partial charge on any atom is 0.217 e. The van der Waals surface area contributed by atoms with Crippen LogP contribution in [0.1, 0.15) is 5.56 Å². The van der Waals surface area contributed by atoms with E-state index in [0.717, 1.165) is 11.8 Å². The molecule has 0 amide bonds. The lowest BCUT2D eigenvalue weighted by Crippen LogP contribution is -2.30. The van der Waals surface area contributed by atoms with Crippen LogP contribution in [-0.4, -0.2) is 10.1 Å². The van der Waals surface area contributed by atoms with Crippen LogP contribution in [0.5, 0.6) is 0 Å². The van der Waals surface area contributed by atoms with E-state index in [1.807, 2.05) is 30.3 Å². The topological polar surface area (TPSA) is 75.5 Å². The summed E-state index contributed by atoms with van der Waals surface area (Å²) in [5, 5.41) is 10.3. The molecular formula is C9H13N3O. The van der Waals surface area contributed by atoms with E-state index in [1.54, 1.807) is 0 Å². The zero-order chi connectivity index (χ0) is 9.68. The van der Waals surface area contributed by atoms with E-state index in [2.05, 4.69) is 0 Å². The molecule has 1 aromatic carbocycles. The van der Waals surface area contributed by atoms with Crippen molar-refractivity contribution < 1.29 is 5.11 Å². The fraction of sp³-hybridized carbons (Fsp3) is 0.111. The molecule has 0 unspecified atom stereocenters. The minimum absolute atomic E-state index is 0.135. The van der Waals surface area contributed by atoms with Crippen LogP contribution < -0.4 is 11.6 Å². The van der Waals surface area contributed by atoms with Crippen LogP contribution in [-0.2, 0) is 6.54 Å². The van der Waals surface area contributed by atoms with E-state index >= 15 is 0 Å². The van der Waals surface area contributed by atoms with E-state index in [9.17, 15) is 0 Å². The number of rotatable bonds is 3. The molecule has 0 bridgehead atoms. The van der Waals surface area contributed by atoms with Gasteiger partial charge in [-0.25, -0.2) is 5.84 Å². The number of nitrogens with two attached hydrogens (primary N) is 2. The van der Waals surface area contributed by atoms with Crippen LogP contribution in [0.2, 0.25) is 0 Å². The van der Waals surface area contributed by atoms with Crippen LogP contribution >= 0.6 is 0 Å². The molecule has 0 saturated carbocycles. The maximum absolute atomic E-state index is 9.12. The average molecular weight is 179 g/mol. The molecule has 0 heterocycles. The predicted molar refractivity (Wildman–Crippen MR) is 51.1 cm³/mol. The second-order valence-electron chi connectivity index (χ2n) is 2.64. The van der Waals surface area contributed by atoms with Crippen molar-refractivity contribution in [1.82, 2.24) is 5.01 Å². The van der Waals surface area contributed by atoms with Gasteiger partial charge < -0.3 is 10.8 Å². The molecule has 0 atom stereocenters. The van der Waals surface area contributed by atoms with E-state index in [-0.39, 0.29) is 5.88 Å². The van der Waals surface area contributed by atoms with Gasteiger partial charge in [-0.05, 0) is 5.56 Å². The lowest BCUT2D eigenvalue weighted by atomic mass is 10.2. The summed E-state index contributed by atoms with van der Waals surface area (Å²) in [7, 11) is 0. The largest absolute Gasteiger partial charge is 0.493 e. The molecule has 70 valence electrons. The first-order valence-electron chi connectivity index (χ1n) is 3.91. The van der Waals surface area contributed by atoms with Crippen molar-refractivity contribution in [1.29, 1.82) is 0 Å². The summed E-state index contributed by atoms with van der Waals surface area (Å²) in [6.45, 7) is 0.431. The van der Waals surface area contributed by atoms with Crippen LogP contribution in [0, 0.1) is 0 Å². The van der Waals surface area contributed by atoms with Gasteiger partial charge in [0.25, 0.3) is 0 Å². The van der Waals surface area contributed by atoms with Gasteiger partial charge >= 0.3 is 0 Å². The maximum atomic E-state index is 9.12. The highest BCUT2D eigenvalue weighted by Gasteiger charge is 2.01. The van der Waals surface area contributed by atoms with Crippen LogP contribution in [0.4, 0.5) is 0 Å². The lowest BCUT2D eigenvalue weighted by molar-refractivity contribution is 0.196. The Hall–Kier alpha value is -1.68. The standard InChI is InChI=1S/C9H13N3O/c10-6-9(13)12(11)7-8-4-2-1-3-5-8/h1-6,13H,7,10-11H2/b9-6+. The Labute approximate surface area is 77.0 Å². The highest BCUT2D eigenvalue weighted by molar-refractivity contribution is 5.14. The molecule has 0 aliphatic heterocycles. The van der Waals surface area contributed by atoms with E-state index in [0.29, 0.717) is 6.54 Å². The first-order chi connectivity index (χ1) is 6.24. The molecule has 0 saturated heterocycles. The van der Waals surface area contributed by atoms with Crippen molar-refractivity contribution in [2.45, 2.75) is 6.54 Å². The molecule has 4 heteroatoms. The molecule has 1 aromatic rings. The van der Waals surface area contributed by atoms with Crippen molar-refractivity contribution >= 4 is 0 Å². The van der Waals surface area contributed by atoms with Crippen molar-refractivity contribution in [3.63, 3.8) is 0 Å². The van der Waals surface area contributed by atoms with Gasteiger partial charge in [0.15, 0.2) is 0 Å². The van der Waals surface area contributed by atoms with Gasteiger partial charge in [-0.3, -0.25) is 5.01 Å². The number of hydrazine groups is 1. The van der Waals surface area contributed by atoms with Gasteiger partial charge in [0.05, 0.1) is 12.7 Å². The molecule has 0 aliphatic rings. The molecule has 5 N–H and O–H groups in total. The molecule has 0 aliphatic carbocycles. The van der Waals surface area contributed by atoms with Gasteiger partial charge in [-0.2, -0.15) is 0 Å². The SMILES string of the molecule is N/C=C(/O)N(N)Cc1ccccc1. The summed E-state index contributed by atoms with van der Waals surface area (Å²) >= 11 is 0. The van der Waals surface area contributed by atoms with Gasteiger partial charge in [0.2, 0.25) is 5.88 Å². The van der Waals surface area contributed by atoms with Crippen molar-refractivity contribution in [3.05, 3.63) is 48.0 Å². The lowest BCUT2D eigenvalue weighted by Gasteiger charge is -2.16. The highest BCUT2D eigenvalue weighted by atomic mass is 16.3. The van der Waals surface area contributed by atoms with Crippen molar-refractivity contribution in [3.8, 4) is 0 Å². The quantitative estimate of drug-likeness (QED) is 0.362. The van der Waals surface area contributed by atoms with Gasteiger partial charge in [0.1, 0.15) is 0 Å². The Morgan fingerprint density at radius 2 is 2.00 bits per heavy atom. The van der Waals surface area contributed by atoms with Crippen LogP contribution in [0.3, 0.4) is 0 Å². The fourth-order valence-corrected chi connectivity index (χ4v) is 0.957. The summed E-state index contributed by atoms with van der Waals surface area (Å²) in [5.74, 6) is 5.36. The second kappa shape index (κ2) is 4.37. The van der Waals surface area contributed by atoms with Crippen LogP contribution in [0.25, 0.3) is 0 Å². The van der Waals surface area contributed by atoms with Crippen molar-refractivity contribution in [2.75, 3.05) is 0 Å². The normalized spacial score (nSPS) is 11.3. The van der Waals surface area contributed by atoms with Crippen molar-refractivity contribution in [2.24, 2.45) is 11.6 Å². The summed E-state index contributed by atoms with van der Waals surface area (Å²) in [6, 6.07) is 9.58. The first kappa shape index (κ1) is 9.41. The smallest absolute Gasteiger partial charge is 0.217 e. The number of hydrogen-bond acceptors (Lipinski definition) is 4. The number of hydrogen-bond donors (Lipinski definition) is 3. The molecule has 4 nitrogen and oxygen atoms in total. The van der Waals surface area contributed by atoms with Gasteiger partial charge in [-0.15, -0.1) is 0 Å². The summed E-state index contributed by atoms with van der Waals surface area (Å²) < 4.78 is 0. The zero-order valence-corrected chi connectivity index (χ0v) is 7.22. The van der Waals surface area contributed by atoms with E-state index in [4.69, 9.17) is 16.7 Å². The Bertz CT molecular complexity index is 284. The molecular weight excluding hydrogens is 166 g/mol. The molecule has 1 rings (SSSR count). The number of benzene rings is 1. The monoisotopic (exact) mass is 179 g/mol. The van der Waals surface area contributed by atoms with Crippen LogP contribution in [0.15, 0.2) is 42.4 Å². The third-order valence-electron chi connectivity index (χ3n) is 1.64. The van der Waals surface area contributed by atoms with E-state index in [1.165, 1.54) is 5.01 Å². The fourth-order valence-electron chi connectivity index (χ4n) is 0.957. The predicted octanol–water partition coefficient (Wildman–Crippen LogP) is 0.678. The molecule has 13 heavy (non-hydrogen) atoms. The Kier molecular flexibility index (Phi) is 3.16. The second-order valence-corrected chi connectivity index (χ2v) is 2.64. The third-order valence-corrected chi connectivity index (χ3v) is 1.64. The molecule has 0 radical (unpaired) electrons. The third kappa shape index (κ3) is 2.68. The van der Waals surface area contributed by atoms with Gasteiger partial charge in [0, 0.05) is 0 Å².